The van der Waals surface area contributed by atoms with Crippen LogP contribution in [0.4, 0.5) is 0 Å². The summed E-state index contributed by atoms with van der Waals surface area (Å²) < 4.78 is 11.4. The van der Waals surface area contributed by atoms with Gasteiger partial charge in [0.05, 0.1) is 15.5 Å². The lowest BCUT2D eigenvalue weighted by Crippen LogP contribution is -2.67. The molecule has 41 heavy (non-hydrogen) atoms. The van der Waals surface area contributed by atoms with Crippen molar-refractivity contribution in [3.63, 3.8) is 0 Å². The molecule has 0 spiro atoms. The van der Waals surface area contributed by atoms with E-state index >= 15 is 0 Å². The molecule has 6 rings (SSSR count). The van der Waals surface area contributed by atoms with E-state index in [4.69, 9.17) is 9.47 Å². The van der Waals surface area contributed by atoms with Crippen molar-refractivity contribution < 1.29 is 23.9 Å². The second-order valence-electron chi connectivity index (χ2n) is 13.6. The first-order chi connectivity index (χ1) is 19.6. The van der Waals surface area contributed by atoms with E-state index in [2.05, 4.69) is 29.8 Å². The van der Waals surface area contributed by atoms with Gasteiger partial charge in [-0.2, -0.15) is 0 Å². The molecule has 0 bridgehead atoms. The molecule has 6 heteroatoms. The van der Waals surface area contributed by atoms with Crippen molar-refractivity contribution in [1.82, 2.24) is 0 Å². The van der Waals surface area contributed by atoms with Gasteiger partial charge in [0, 0.05) is 12.3 Å². The minimum atomic E-state index is -0.569. The van der Waals surface area contributed by atoms with Crippen LogP contribution in [0, 0.1) is 34.5 Å². The van der Waals surface area contributed by atoms with E-state index in [1.807, 2.05) is 43.3 Å². The Labute approximate surface area is 251 Å². The Hall–Kier alpha value is -2.47. The molecule has 2 aromatic carbocycles. The highest BCUT2D eigenvalue weighted by atomic mass is 79.9. The van der Waals surface area contributed by atoms with Crippen LogP contribution in [0.3, 0.4) is 0 Å². The molecule has 4 aliphatic rings. The molecule has 4 aliphatic carbocycles. The zero-order chi connectivity index (χ0) is 29.0. The van der Waals surface area contributed by atoms with Gasteiger partial charge in [0.15, 0.2) is 5.78 Å². The summed E-state index contributed by atoms with van der Waals surface area (Å²) in [5.74, 6) is 0.873. The maximum absolute atomic E-state index is 14.4. The monoisotopic (exact) mass is 620 g/mol. The van der Waals surface area contributed by atoms with Crippen molar-refractivity contribution in [1.29, 1.82) is 0 Å². The van der Waals surface area contributed by atoms with Crippen LogP contribution in [0.15, 0.2) is 60.7 Å². The van der Waals surface area contributed by atoms with Gasteiger partial charge in [0.25, 0.3) is 0 Å². The Bertz CT molecular complexity index is 1310. The van der Waals surface area contributed by atoms with Gasteiger partial charge in [-0.3, -0.25) is 4.79 Å². The third-order valence-corrected chi connectivity index (χ3v) is 13.6. The zero-order valence-electron chi connectivity index (χ0n) is 24.3. The van der Waals surface area contributed by atoms with Crippen LogP contribution in [-0.4, -0.2) is 34.3 Å². The lowest BCUT2D eigenvalue weighted by atomic mass is 9.44. The van der Waals surface area contributed by atoms with Crippen LogP contribution in [0.1, 0.15) is 92.9 Å². The van der Waals surface area contributed by atoms with E-state index < -0.39 is 4.32 Å². The number of ether oxygens (including phenoxy) is 2. The minimum Gasteiger partial charge on any atom is -0.459 e. The van der Waals surface area contributed by atoms with Crippen LogP contribution >= 0.6 is 15.9 Å². The van der Waals surface area contributed by atoms with Crippen LogP contribution in [0.25, 0.3) is 0 Å². The van der Waals surface area contributed by atoms with E-state index in [1.165, 1.54) is 0 Å². The van der Waals surface area contributed by atoms with Crippen LogP contribution < -0.4 is 0 Å². The number of alkyl halides is 1. The second-order valence-corrected chi connectivity index (χ2v) is 14.8. The molecule has 9 atom stereocenters. The molecule has 0 heterocycles. The van der Waals surface area contributed by atoms with E-state index in [-0.39, 0.29) is 46.8 Å². The Morgan fingerprint density at radius 2 is 1.46 bits per heavy atom. The smallest absolute Gasteiger partial charge is 0.338 e. The molecule has 4 fully saturated rings. The van der Waals surface area contributed by atoms with Gasteiger partial charge in [-0.15, -0.1) is 0 Å². The molecule has 0 unspecified atom stereocenters. The summed E-state index contributed by atoms with van der Waals surface area (Å²) in [6.07, 6.45) is 6.62. The average molecular weight is 622 g/mol. The van der Waals surface area contributed by atoms with Gasteiger partial charge in [-0.05, 0) is 105 Å². The molecule has 0 N–H and O–H groups in total. The van der Waals surface area contributed by atoms with Gasteiger partial charge in [0.1, 0.15) is 12.2 Å². The molecule has 4 saturated carbocycles. The summed E-state index contributed by atoms with van der Waals surface area (Å²) in [6, 6.07) is 18.4. The Kier molecular flexibility index (Phi) is 7.45. The maximum atomic E-state index is 14.4. The van der Waals surface area contributed by atoms with Crippen LogP contribution in [0.5, 0.6) is 0 Å². The lowest BCUT2D eigenvalue weighted by molar-refractivity contribution is -0.154. The number of ketones is 1. The molecule has 0 aliphatic heterocycles. The summed E-state index contributed by atoms with van der Waals surface area (Å²) in [5, 5.41) is 0. The second kappa shape index (κ2) is 10.7. The topological polar surface area (TPSA) is 69.7 Å². The molecule has 0 aromatic heterocycles. The number of hydrogen-bond acceptors (Lipinski definition) is 5. The highest BCUT2D eigenvalue weighted by Gasteiger charge is 2.70. The fourth-order valence-corrected chi connectivity index (χ4v) is 10.7. The third-order valence-electron chi connectivity index (χ3n) is 11.7. The van der Waals surface area contributed by atoms with E-state index in [9.17, 15) is 14.4 Å². The number of Topliss-reactive ketones (excluding diaryl/α,β-unsaturated/α-hetero) is 1. The normalized spacial score (nSPS) is 38.6. The van der Waals surface area contributed by atoms with E-state index in [1.54, 1.807) is 24.3 Å². The van der Waals surface area contributed by atoms with Crippen molar-refractivity contribution in [3.8, 4) is 0 Å². The van der Waals surface area contributed by atoms with Crippen molar-refractivity contribution in [2.24, 2.45) is 34.5 Å². The van der Waals surface area contributed by atoms with E-state index in [0.717, 1.165) is 44.9 Å². The number of rotatable bonds is 5. The summed E-state index contributed by atoms with van der Waals surface area (Å²) in [7, 11) is 0. The zero-order valence-corrected chi connectivity index (χ0v) is 25.9. The maximum Gasteiger partial charge on any atom is 0.338 e. The molecule has 0 radical (unpaired) electrons. The number of hydrogen-bond donors (Lipinski definition) is 0. The first kappa shape index (κ1) is 28.6. The molecular formula is C35H41BrO5. The fourth-order valence-electron chi connectivity index (χ4n) is 9.54. The Morgan fingerprint density at radius 3 is 2.12 bits per heavy atom. The Morgan fingerprint density at radius 1 is 0.854 bits per heavy atom. The molecule has 0 saturated heterocycles. The highest BCUT2D eigenvalue weighted by molar-refractivity contribution is 9.10. The summed E-state index contributed by atoms with van der Waals surface area (Å²) >= 11 is 4.19. The fraction of sp³-hybridized carbons (Fsp3) is 0.571. The SMILES string of the molecule is C[C@H](OC(=O)c1ccccc1)[C@H]1CC[C@H]2[C@@H]3CC[C@@H]4C[C@H](OC(=O)c5ccccc5)CC[C@]4(C)[C@@]3(Br)C(=O)C[C@]12C. The third kappa shape index (κ3) is 4.60. The molecule has 5 nitrogen and oxygen atoms in total. The molecule has 2 aromatic rings. The standard InChI is InChI=1S/C35H41BrO5/c1-22(40-31(38)23-10-6-4-7-11-23)27-16-17-28-29-15-14-25-20-26(41-32(39)24-12-8-5-9-13-24)18-19-34(25,3)35(29,36)30(37)21-33(27,28)2/h4-13,22,25-29H,14-21H2,1-3H3/t22-,25+,26+,27+,28-,29-,33+,34-,35-/m0/s1. The summed E-state index contributed by atoms with van der Waals surface area (Å²) in [4.78, 5) is 40.0. The van der Waals surface area contributed by atoms with Gasteiger partial charge in [-0.25, -0.2) is 9.59 Å². The first-order valence-corrected chi connectivity index (χ1v) is 16.1. The average Bonchev–Trinajstić information content (AvgIpc) is 3.31. The van der Waals surface area contributed by atoms with Crippen LogP contribution in [0.2, 0.25) is 0 Å². The number of carbonyl (C=O) groups excluding carboxylic acids is 3. The largest absolute Gasteiger partial charge is 0.459 e. The summed E-state index contributed by atoms with van der Waals surface area (Å²) in [5.41, 5.74) is 0.770. The van der Waals surface area contributed by atoms with Gasteiger partial charge >= 0.3 is 11.9 Å². The number of esters is 2. The number of fused-ring (bicyclic) bond motifs is 5. The summed E-state index contributed by atoms with van der Waals surface area (Å²) in [6.45, 7) is 6.60. The van der Waals surface area contributed by atoms with Gasteiger partial charge in [0.2, 0.25) is 0 Å². The van der Waals surface area contributed by atoms with Crippen molar-refractivity contribution >= 4 is 33.7 Å². The van der Waals surface area contributed by atoms with E-state index in [0.29, 0.717) is 35.2 Å². The predicted molar refractivity (Wildman–Crippen MR) is 161 cm³/mol. The molecule has 218 valence electrons. The van der Waals surface area contributed by atoms with Crippen LogP contribution in [-0.2, 0) is 14.3 Å². The predicted octanol–water partition coefficient (Wildman–Crippen LogP) is 7.81. The van der Waals surface area contributed by atoms with Gasteiger partial charge < -0.3 is 9.47 Å². The van der Waals surface area contributed by atoms with Crippen molar-refractivity contribution in [3.05, 3.63) is 71.8 Å². The number of carbonyl (C=O) groups is 3. The number of benzene rings is 2. The molecular weight excluding hydrogens is 580 g/mol. The number of halogens is 1. The lowest BCUT2D eigenvalue weighted by Gasteiger charge is -2.64. The first-order valence-electron chi connectivity index (χ1n) is 15.3. The quantitative estimate of drug-likeness (QED) is 0.252. The minimum absolute atomic E-state index is 0.117. The Balaban J connectivity index is 1.18. The van der Waals surface area contributed by atoms with Crippen molar-refractivity contribution in [2.75, 3.05) is 0 Å². The molecule has 0 amide bonds. The van der Waals surface area contributed by atoms with Gasteiger partial charge in [-0.1, -0.05) is 66.2 Å². The highest BCUT2D eigenvalue weighted by Crippen LogP contribution is 2.71. The van der Waals surface area contributed by atoms with Crippen molar-refractivity contribution in [2.45, 2.75) is 88.7 Å².